The Morgan fingerprint density at radius 1 is 1.50 bits per heavy atom. The predicted octanol–water partition coefficient (Wildman–Crippen LogP) is -0.526. The highest BCUT2D eigenvalue weighted by Crippen LogP contribution is 2.21. The number of amides is 1. The van der Waals surface area contributed by atoms with Crippen molar-refractivity contribution in [2.24, 2.45) is 5.73 Å². The molecule has 0 bridgehead atoms. The van der Waals surface area contributed by atoms with Crippen LogP contribution in [0.1, 0.15) is 26.2 Å². The summed E-state index contributed by atoms with van der Waals surface area (Å²) in [6, 6.07) is -0.654. The maximum absolute atomic E-state index is 11.6. The van der Waals surface area contributed by atoms with Crippen molar-refractivity contribution in [3.8, 4) is 0 Å². The Balaban J connectivity index is 2.71. The zero-order valence-corrected chi connectivity index (χ0v) is 9.36. The predicted molar refractivity (Wildman–Crippen MR) is 56.8 cm³/mol. The van der Waals surface area contributed by atoms with Crippen LogP contribution in [0, 0.1) is 0 Å². The van der Waals surface area contributed by atoms with E-state index in [0.29, 0.717) is 19.6 Å². The molecule has 1 saturated heterocycles. The van der Waals surface area contributed by atoms with E-state index in [1.54, 1.807) is 6.92 Å². The lowest BCUT2D eigenvalue weighted by molar-refractivity contribution is -0.152. The van der Waals surface area contributed by atoms with Gasteiger partial charge in [0.25, 0.3) is 0 Å². The van der Waals surface area contributed by atoms with Crippen LogP contribution in [0.5, 0.6) is 0 Å². The summed E-state index contributed by atoms with van der Waals surface area (Å²) in [5, 5.41) is 11.7. The van der Waals surface area contributed by atoms with Gasteiger partial charge >= 0.3 is 5.97 Å². The van der Waals surface area contributed by atoms with E-state index < -0.39 is 23.5 Å². The van der Waals surface area contributed by atoms with Crippen LogP contribution in [-0.4, -0.2) is 41.8 Å². The summed E-state index contributed by atoms with van der Waals surface area (Å²) < 4.78 is 5.10. The highest BCUT2D eigenvalue weighted by molar-refractivity contribution is 5.89. The van der Waals surface area contributed by atoms with Crippen molar-refractivity contribution in [3.05, 3.63) is 0 Å². The fourth-order valence-corrected chi connectivity index (χ4v) is 1.63. The van der Waals surface area contributed by atoms with Crippen LogP contribution >= 0.6 is 0 Å². The molecule has 6 nitrogen and oxygen atoms in total. The first kappa shape index (κ1) is 12.9. The Morgan fingerprint density at radius 2 is 2.06 bits per heavy atom. The minimum absolute atomic E-state index is 0.282. The highest BCUT2D eigenvalue weighted by Gasteiger charge is 2.42. The van der Waals surface area contributed by atoms with Gasteiger partial charge in [-0.15, -0.1) is 0 Å². The van der Waals surface area contributed by atoms with E-state index in [-0.39, 0.29) is 12.8 Å². The van der Waals surface area contributed by atoms with Crippen molar-refractivity contribution in [1.29, 1.82) is 0 Å². The summed E-state index contributed by atoms with van der Waals surface area (Å²) in [6.45, 7) is 2.46. The molecule has 0 spiro atoms. The van der Waals surface area contributed by atoms with Gasteiger partial charge in [-0.25, -0.2) is 4.79 Å². The van der Waals surface area contributed by atoms with Crippen LogP contribution in [0.3, 0.4) is 0 Å². The Bertz CT molecular complexity index is 274. The van der Waals surface area contributed by atoms with Crippen molar-refractivity contribution in [3.63, 3.8) is 0 Å². The van der Waals surface area contributed by atoms with Crippen LogP contribution in [0.15, 0.2) is 0 Å². The van der Waals surface area contributed by atoms with E-state index in [1.165, 1.54) is 0 Å². The molecular formula is C10H18N2O4. The third kappa shape index (κ3) is 2.70. The van der Waals surface area contributed by atoms with Gasteiger partial charge in [-0.05, 0) is 6.42 Å². The minimum atomic E-state index is -1.21. The second kappa shape index (κ2) is 5.27. The molecule has 1 rings (SSSR count). The number of nitrogens with one attached hydrogen (secondary N) is 1. The van der Waals surface area contributed by atoms with Crippen molar-refractivity contribution in [2.75, 3.05) is 13.2 Å². The lowest BCUT2D eigenvalue weighted by atomic mass is 9.89. The summed E-state index contributed by atoms with van der Waals surface area (Å²) in [6.07, 6.45) is 1.05. The number of carbonyl (C=O) groups is 2. The lowest BCUT2D eigenvalue weighted by Gasteiger charge is -2.34. The van der Waals surface area contributed by atoms with Crippen LogP contribution in [0.25, 0.3) is 0 Å². The molecule has 6 heteroatoms. The van der Waals surface area contributed by atoms with Gasteiger partial charge in [0.05, 0.1) is 6.04 Å². The number of rotatable bonds is 4. The van der Waals surface area contributed by atoms with E-state index >= 15 is 0 Å². The van der Waals surface area contributed by atoms with E-state index in [9.17, 15) is 14.7 Å². The number of nitrogens with two attached hydrogens (primary N) is 1. The highest BCUT2D eigenvalue weighted by atomic mass is 16.5. The molecule has 0 aromatic carbocycles. The fraction of sp³-hybridized carbons (Fsp3) is 0.800. The summed E-state index contributed by atoms with van der Waals surface area (Å²) >= 11 is 0. The lowest BCUT2D eigenvalue weighted by Crippen LogP contribution is -2.60. The SMILES string of the molecule is CC[C@@H](N)C(=O)NC1(C(=O)O)CCOCC1. The van der Waals surface area contributed by atoms with Gasteiger partial charge in [-0.3, -0.25) is 4.79 Å². The molecule has 16 heavy (non-hydrogen) atoms. The number of ether oxygens (including phenoxy) is 1. The maximum Gasteiger partial charge on any atom is 0.329 e. The summed E-state index contributed by atoms with van der Waals surface area (Å²) in [7, 11) is 0. The van der Waals surface area contributed by atoms with Gasteiger partial charge in [0.2, 0.25) is 5.91 Å². The molecule has 4 N–H and O–H groups in total. The van der Waals surface area contributed by atoms with Gasteiger partial charge in [-0.1, -0.05) is 6.92 Å². The van der Waals surface area contributed by atoms with Gasteiger partial charge in [0, 0.05) is 26.1 Å². The van der Waals surface area contributed by atoms with E-state index in [4.69, 9.17) is 10.5 Å². The van der Waals surface area contributed by atoms with E-state index in [2.05, 4.69) is 5.32 Å². The van der Waals surface area contributed by atoms with Crippen molar-refractivity contribution >= 4 is 11.9 Å². The molecule has 0 saturated carbocycles. The molecule has 1 aliphatic rings. The second-order valence-electron chi connectivity index (χ2n) is 4.00. The van der Waals surface area contributed by atoms with Crippen molar-refractivity contribution < 1.29 is 19.4 Å². The number of hydrogen-bond donors (Lipinski definition) is 3. The molecule has 1 heterocycles. The van der Waals surface area contributed by atoms with Crippen molar-refractivity contribution in [2.45, 2.75) is 37.8 Å². The molecule has 0 aromatic heterocycles. The molecule has 92 valence electrons. The Labute approximate surface area is 94.1 Å². The first-order valence-corrected chi connectivity index (χ1v) is 5.40. The smallest absolute Gasteiger partial charge is 0.329 e. The van der Waals surface area contributed by atoms with Gasteiger partial charge < -0.3 is 20.9 Å². The molecule has 0 radical (unpaired) electrons. The maximum atomic E-state index is 11.6. The van der Waals surface area contributed by atoms with Crippen molar-refractivity contribution in [1.82, 2.24) is 5.32 Å². The number of hydrogen-bond acceptors (Lipinski definition) is 4. The van der Waals surface area contributed by atoms with Crippen LogP contribution in [0.4, 0.5) is 0 Å². The summed E-state index contributed by atoms with van der Waals surface area (Å²) in [4.78, 5) is 22.8. The third-order valence-corrected chi connectivity index (χ3v) is 2.89. The first-order valence-electron chi connectivity index (χ1n) is 5.40. The summed E-state index contributed by atoms with van der Waals surface area (Å²) in [5.74, 6) is -1.43. The minimum Gasteiger partial charge on any atom is -0.480 e. The fourth-order valence-electron chi connectivity index (χ4n) is 1.63. The molecule has 1 fully saturated rings. The molecular weight excluding hydrogens is 212 g/mol. The molecule has 0 aromatic rings. The van der Waals surface area contributed by atoms with Gasteiger partial charge in [0.1, 0.15) is 5.54 Å². The van der Waals surface area contributed by atoms with Gasteiger partial charge in [-0.2, -0.15) is 0 Å². The average molecular weight is 230 g/mol. The van der Waals surface area contributed by atoms with Crippen LogP contribution in [-0.2, 0) is 14.3 Å². The normalized spacial score (nSPS) is 21.1. The Hall–Kier alpha value is -1.14. The first-order chi connectivity index (χ1) is 7.52. The quantitative estimate of drug-likeness (QED) is 0.603. The van der Waals surface area contributed by atoms with Gasteiger partial charge in [0.15, 0.2) is 0 Å². The Kier molecular flexibility index (Phi) is 4.26. The molecule has 0 unspecified atom stereocenters. The Morgan fingerprint density at radius 3 is 2.50 bits per heavy atom. The second-order valence-corrected chi connectivity index (χ2v) is 4.00. The molecule has 1 amide bonds. The van der Waals surface area contributed by atoms with E-state index in [0.717, 1.165) is 0 Å². The average Bonchev–Trinajstić information content (AvgIpc) is 2.28. The van der Waals surface area contributed by atoms with E-state index in [1.807, 2.05) is 0 Å². The molecule has 1 aliphatic heterocycles. The standard InChI is InChI=1S/C10H18N2O4/c1-2-7(11)8(13)12-10(9(14)15)3-5-16-6-4-10/h7H,2-6,11H2,1H3,(H,12,13)(H,14,15)/t7-/m1/s1. The number of aliphatic carboxylic acids is 1. The zero-order chi connectivity index (χ0) is 12.2. The third-order valence-electron chi connectivity index (χ3n) is 2.89. The summed E-state index contributed by atoms with van der Waals surface area (Å²) in [5.41, 5.74) is 4.35. The number of carboxylic acids is 1. The number of carboxylic acid groups (broad SMARTS) is 1. The zero-order valence-electron chi connectivity index (χ0n) is 9.36. The van der Waals surface area contributed by atoms with Crippen LogP contribution < -0.4 is 11.1 Å². The topological polar surface area (TPSA) is 102 Å². The molecule has 0 aliphatic carbocycles. The monoisotopic (exact) mass is 230 g/mol. The largest absolute Gasteiger partial charge is 0.480 e. The van der Waals surface area contributed by atoms with Crippen LogP contribution in [0.2, 0.25) is 0 Å². The molecule has 1 atom stereocenters. The number of carbonyl (C=O) groups excluding carboxylic acids is 1.